The highest BCUT2D eigenvalue weighted by Crippen LogP contribution is 2.31. The van der Waals surface area contributed by atoms with E-state index in [0.29, 0.717) is 12.0 Å². The van der Waals surface area contributed by atoms with Crippen LogP contribution in [0.3, 0.4) is 0 Å². The van der Waals surface area contributed by atoms with E-state index in [1.54, 1.807) is 0 Å². The molecule has 0 heterocycles. The van der Waals surface area contributed by atoms with Gasteiger partial charge in [0.15, 0.2) is 0 Å². The maximum absolute atomic E-state index is 9.07. The molecule has 0 saturated heterocycles. The molecule has 2 nitrogen and oxygen atoms in total. The van der Waals surface area contributed by atoms with E-state index in [1.807, 2.05) is 24.3 Å². The van der Waals surface area contributed by atoms with Gasteiger partial charge in [-0.1, -0.05) is 26.0 Å². The summed E-state index contributed by atoms with van der Waals surface area (Å²) in [4.78, 5) is 0. The van der Waals surface area contributed by atoms with Crippen LogP contribution in [0.15, 0.2) is 24.3 Å². The molecule has 1 aromatic carbocycles. The molecule has 1 aliphatic rings. The maximum Gasteiger partial charge on any atom is 0.101 e. The highest BCUT2D eigenvalue weighted by Gasteiger charge is 2.25. The van der Waals surface area contributed by atoms with Gasteiger partial charge in [0.25, 0.3) is 0 Å². The van der Waals surface area contributed by atoms with Crippen LogP contribution in [0.25, 0.3) is 0 Å². The zero-order valence-electron chi connectivity index (χ0n) is 10.6. The molecular formula is C15H20N2. The lowest BCUT2D eigenvalue weighted by atomic mass is 9.80. The van der Waals surface area contributed by atoms with Crippen LogP contribution in [-0.2, 0) is 0 Å². The summed E-state index contributed by atoms with van der Waals surface area (Å²) in [6, 6.07) is 10.5. The second kappa shape index (κ2) is 5.23. The van der Waals surface area contributed by atoms with E-state index in [-0.39, 0.29) is 0 Å². The minimum absolute atomic E-state index is 0.515. The second-order valence-corrected chi connectivity index (χ2v) is 5.30. The van der Waals surface area contributed by atoms with Gasteiger partial charge in [0.2, 0.25) is 0 Å². The first kappa shape index (κ1) is 12.0. The third-order valence-electron chi connectivity index (χ3n) is 3.82. The third kappa shape index (κ3) is 2.79. The highest BCUT2D eigenvalue weighted by molar-refractivity contribution is 5.57. The Morgan fingerprint density at radius 1 is 1.24 bits per heavy atom. The molecule has 2 rings (SSSR count). The van der Waals surface area contributed by atoms with Gasteiger partial charge in [-0.05, 0) is 43.2 Å². The van der Waals surface area contributed by atoms with Gasteiger partial charge < -0.3 is 5.32 Å². The smallest absolute Gasteiger partial charge is 0.101 e. The number of benzene rings is 1. The van der Waals surface area contributed by atoms with E-state index in [9.17, 15) is 0 Å². The van der Waals surface area contributed by atoms with Crippen molar-refractivity contribution in [3.8, 4) is 6.07 Å². The van der Waals surface area contributed by atoms with Crippen molar-refractivity contribution in [2.75, 3.05) is 5.32 Å². The average Bonchev–Trinajstić information content (AvgIpc) is 2.33. The van der Waals surface area contributed by atoms with Crippen molar-refractivity contribution in [3.63, 3.8) is 0 Å². The average molecular weight is 228 g/mol. The zero-order chi connectivity index (χ0) is 12.3. The number of nitriles is 1. The van der Waals surface area contributed by atoms with Crippen LogP contribution in [0.2, 0.25) is 0 Å². The Bertz CT molecular complexity index is 419. The molecule has 1 N–H and O–H groups in total. The van der Waals surface area contributed by atoms with Gasteiger partial charge in [0.05, 0.1) is 11.3 Å². The van der Waals surface area contributed by atoms with Gasteiger partial charge in [0.1, 0.15) is 6.07 Å². The monoisotopic (exact) mass is 228 g/mol. The Kier molecular flexibility index (Phi) is 3.68. The predicted molar refractivity (Wildman–Crippen MR) is 70.7 cm³/mol. The molecule has 17 heavy (non-hydrogen) atoms. The Balaban J connectivity index is 2.08. The van der Waals surface area contributed by atoms with Crippen LogP contribution >= 0.6 is 0 Å². The van der Waals surface area contributed by atoms with Crippen molar-refractivity contribution in [1.82, 2.24) is 0 Å². The molecule has 90 valence electrons. The van der Waals surface area contributed by atoms with Crippen LogP contribution in [0.1, 0.15) is 38.7 Å². The summed E-state index contributed by atoms with van der Waals surface area (Å²) in [5.41, 5.74) is 1.74. The van der Waals surface area contributed by atoms with E-state index in [4.69, 9.17) is 5.26 Å². The molecule has 0 spiro atoms. The zero-order valence-corrected chi connectivity index (χ0v) is 10.6. The summed E-state index contributed by atoms with van der Waals surface area (Å²) in [5.74, 6) is 1.53. The van der Waals surface area contributed by atoms with Crippen LogP contribution in [0.4, 0.5) is 5.69 Å². The van der Waals surface area contributed by atoms with E-state index in [1.165, 1.54) is 19.3 Å². The molecule has 3 atom stereocenters. The summed E-state index contributed by atoms with van der Waals surface area (Å²) in [6.45, 7) is 4.64. The van der Waals surface area contributed by atoms with Gasteiger partial charge >= 0.3 is 0 Å². The van der Waals surface area contributed by atoms with Crippen LogP contribution in [0, 0.1) is 23.2 Å². The van der Waals surface area contributed by atoms with Crippen LogP contribution < -0.4 is 5.32 Å². The number of nitrogens with zero attached hydrogens (tertiary/aromatic N) is 1. The second-order valence-electron chi connectivity index (χ2n) is 5.30. The summed E-state index contributed by atoms with van der Waals surface area (Å²) in [6.07, 6.45) is 3.78. The first-order valence-electron chi connectivity index (χ1n) is 6.46. The molecule has 0 aromatic heterocycles. The molecular weight excluding hydrogens is 208 g/mol. The van der Waals surface area contributed by atoms with Gasteiger partial charge in [0, 0.05) is 6.04 Å². The summed E-state index contributed by atoms with van der Waals surface area (Å²) in [5, 5.41) is 12.6. The third-order valence-corrected chi connectivity index (χ3v) is 3.82. The number of hydrogen-bond donors (Lipinski definition) is 1. The number of para-hydroxylation sites is 1. The van der Waals surface area contributed by atoms with Crippen molar-refractivity contribution in [2.45, 2.75) is 39.2 Å². The number of anilines is 1. The quantitative estimate of drug-likeness (QED) is 0.835. The first-order chi connectivity index (χ1) is 8.20. The molecule has 3 unspecified atom stereocenters. The molecule has 1 fully saturated rings. The van der Waals surface area contributed by atoms with E-state index >= 15 is 0 Å². The van der Waals surface area contributed by atoms with Crippen LogP contribution in [-0.4, -0.2) is 6.04 Å². The summed E-state index contributed by atoms with van der Waals surface area (Å²) in [7, 11) is 0. The van der Waals surface area contributed by atoms with Crippen molar-refractivity contribution in [2.24, 2.45) is 11.8 Å². The fourth-order valence-electron chi connectivity index (χ4n) is 2.79. The van der Waals surface area contributed by atoms with Crippen molar-refractivity contribution >= 4 is 5.69 Å². The number of nitrogens with one attached hydrogen (secondary N) is 1. The summed E-state index contributed by atoms with van der Waals surface area (Å²) < 4.78 is 0. The molecule has 0 aliphatic heterocycles. The van der Waals surface area contributed by atoms with E-state index in [0.717, 1.165) is 17.2 Å². The predicted octanol–water partition coefficient (Wildman–Crippen LogP) is 3.79. The van der Waals surface area contributed by atoms with E-state index in [2.05, 4.69) is 25.2 Å². The first-order valence-corrected chi connectivity index (χ1v) is 6.46. The lowest BCUT2D eigenvalue weighted by Crippen LogP contribution is -2.33. The SMILES string of the molecule is CC1CCC(Nc2ccccc2C#N)C(C)C1. The largest absolute Gasteiger partial charge is 0.381 e. The molecule has 0 radical (unpaired) electrons. The fraction of sp³-hybridized carbons (Fsp3) is 0.533. The minimum atomic E-state index is 0.515. The Morgan fingerprint density at radius 2 is 2.00 bits per heavy atom. The lowest BCUT2D eigenvalue weighted by molar-refractivity contribution is 0.276. The Labute approximate surface area is 104 Å². The van der Waals surface area contributed by atoms with Gasteiger partial charge in [-0.25, -0.2) is 0 Å². The Morgan fingerprint density at radius 3 is 2.71 bits per heavy atom. The van der Waals surface area contributed by atoms with Crippen molar-refractivity contribution in [3.05, 3.63) is 29.8 Å². The van der Waals surface area contributed by atoms with Crippen LogP contribution in [0.5, 0.6) is 0 Å². The molecule has 2 heteroatoms. The van der Waals surface area contributed by atoms with Crippen molar-refractivity contribution in [1.29, 1.82) is 5.26 Å². The number of hydrogen-bond acceptors (Lipinski definition) is 2. The normalized spacial score (nSPS) is 28.4. The fourth-order valence-corrected chi connectivity index (χ4v) is 2.79. The maximum atomic E-state index is 9.07. The molecule has 0 bridgehead atoms. The standard InChI is InChI=1S/C15H20N2/c1-11-7-8-14(12(2)9-11)17-15-6-4-3-5-13(15)10-16/h3-6,11-12,14,17H,7-9H2,1-2H3. The van der Waals surface area contributed by atoms with E-state index < -0.39 is 0 Å². The summed E-state index contributed by atoms with van der Waals surface area (Å²) >= 11 is 0. The topological polar surface area (TPSA) is 35.8 Å². The molecule has 1 aliphatic carbocycles. The van der Waals surface area contributed by atoms with Gasteiger partial charge in [-0.15, -0.1) is 0 Å². The number of rotatable bonds is 2. The minimum Gasteiger partial charge on any atom is -0.381 e. The van der Waals surface area contributed by atoms with Gasteiger partial charge in [-0.3, -0.25) is 0 Å². The highest BCUT2D eigenvalue weighted by atomic mass is 14.9. The Hall–Kier alpha value is -1.49. The van der Waals surface area contributed by atoms with Crippen molar-refractivity contribution < 1.29 is 0 Å². The molecule has 1 saturated carbocycles. The molecule has 0 amide bonds. The molecule has 1 aromatic rings. The van der Waals surface area contributed by atoms with Gasteiger partial charge in [-0.2, -0.15) is 5.26 Å². The lowest BCUT2D eigenvalue weighted by Gasteiger charge is -2.34.